The molecule has 0 spiro atoms. The molecule has 1 aromatic carbocycles. The molecule has 3 N–H and O–H groups in total. The summed E-state index contributed by atoms with van der Waals surface area (Å²) in [6, 6.07) is 2.17. The molecule has 1 saturated heterocycles. The molecular weight excluding hydrogens is 372 g/mol. The number of benzene rings is 1. The first kappa shape index (κ1) is 19.6. The molecule has 2 atom stereocenters. The second-order valence-corrected chi connectivity index (χ2v) is 8.10. The second kappa shape index (κ2) is 7.69. The molecule has 1 heterocycles. The highest BCUT2D eigenvalue weighted by Crippen LogP contribution is 2.28. The Labute approximate surface area is 150 Å². The first-order valence-electron chi connectivity index (χ1n) is 7.66. The van der Waals surface area contributed by atoms with Crippen LogP contribution in [-0.2, 0) is 14.8 Å². The Morgan fingerprint density at radius 2 is 1.88 bits per heavy atom. The fourth-order valence-electron chi connectivity index (χ4n) is 2.52. The predicted octanol–water partition coefficient (Wildman–Crippen LogP) is 0.688. The van der Waals surface area contributed by atoms with Crippen LogP contribution in [0.1, 0.15) is 30.1 Å². The molecule has 1 aliphatic rings. The number of hydrogen-bond donors (Lipinski definition) is 3. The van der Waals surface area contributed by atoms with E-state index in [-0.39, 0.29) is 15.5 Å². The Hall–Kier alpha value is -1.68. The first-order chi connectivity index (χ1) is 11.6. The maximum absolute atomic E-state index is 12.6. The van der Waals surface area contributed by atoms with Gasteiger partial charge in [-0.1, -0.05) is 11.6 Å². The fourth-order valence-corrected chi connectivity index (χ4v) is 4.54. The van der Waals surface area contributed by atoms with Crippen molar-refractivity contribution in [1.82, 2.24) is 9.62 Å². The van der Waals surface area contributed by atoms with E-state index in [1.807, 2.05) is 0 Å². The zero-order valence-corrected chi connectivity index (χ0v) is 15.0. The molecule has 0 bridgehead atoms. The summed E-state index contributed by atoms with van der Waals surface area (Å²) in [5.41, 5.74) is -0.0610. The highest BCUT2D eigenvalue weighted by molar-refractivity contribution is 7.89. The fraction of sp³-hybridized carbons (Fsp3) is 0.467. The van der Waals surface area contributed by atoms with Gasteiger partial charge in [0.2, 0.25) is 10.0 Å². The van der Waals surface area contributed by atoms with Crippen molar-refractivity contribution in [2.45, 2.75) is 36.8 Å². The molecular formula is C15H19ClN2O6S. The van der Waals surface area contributed by atoms with Crippen molar-refractivity contribution in [2.24, 2.45) is 0 Å². The quantitative estimate of drug-likeness (QED) is 0.656. The van der Waals surface area contributed by atoms with Crippen molar-refractivity contribution in [3.05, 3.63) is 28.8 Å². The number of carboxylic acids is 1. The van der Waals surface area contributed by atoms with Gasteiger partial charge in [0.1, 0.15) is 4.90 Å². The third-order valence-electron chi connectivity index (χ3n) is 3.91. The van der Waals surface area contributed by atoms with Crippen LogP contribution >= 0.6 is 11.6 Å². The minimum absolute atomic E-state index is 0.0197. The zero-order valence-electron chi connectivity index (χ0n) is 13.5. The molecule has 138 valence electrons. The third kappa shape index (κ3) is 4.30. The van der Waals surface area contributed by atoms with Gasteiger partial charge in [0, 0.05) is 18.7 Å². The van der Waals surface area contributed by atoms with Crippen LogP contribution in [0.3, 0.4) is 0 Å². The number of halogens is 1. The number of aliphatic carboxylic acids is 1. The van der Waals surface area contributed by atoms with Gasteiger partial charge in [-0.05, 0) is 38.0 Å². The number of aliphatic hydroxyl groups excluding tert-OH is 1. The van der Waals surface area contributed by atoms with Crippen LogP contribution < -0.4 is 5.32 Å². The minimum atomic E-state index is -3.83. The van der Waals surface area contributed by atoms with E-state index in [0.717, 1.165) is 18.9 Å². The molecule has 1 aromatic rings. The average molecular weight is 391 g/mol. The summed E-state index contributed by atoms with van der Waals surface area (Å²) in [5, 5.41) is 20.6. The van der Waals surface area contributed by atoms with Crippen LogP contribution in [0.4, 0.5) is 0 Å². The summed E-state index contributed by atoms with van der Waals surface area (Å²) >= 11 is 6.00. The van der Waals surface area contributed by atoms with Crippen molar-refractivity contribution < 1.29 is 28.2 Å². The van der Waals surface area contributed by atoms with E-state index in [1.165, 1.54) is 23.4 Å². The van der Waals surface area contributed by atoms with Crippen LogP contribution in [0.5, 0.6) is 0 Å². The monoisotopic (exact) mass is 390 g/mol. The van der Waals surface area contributed by atoms with Gasteiger partial charge in [-0.3, -0.25) is 4.79 Å². The molecule has 25 heavy (non-hydrogen) atoms. The van der Waals surface area contributed by atoms with Gasteiger partial charge in [-0.15, -0.1) is 0 Å². The lowest BCUT2D eigenvalue weighted by Gasteiger charge is -2.19. The smallest absolute Gasteiger partial charge is 0.328 e. The summed E-state index contributed by atoms with van der Waals surface area (Å²) in [6.45, 7) is 2.00. The van der Waals surface area contributed by atoms with Gasteiger partial charge >= 0.3 is 5.97 Å². The topological polar surface area (TPSA) is 124 Å². The van der Waals surface area contributed by atoms with Gasteiger partial charge in [0.15, 0.2) is 6.04 Å². The molecule has 0 radical (unpaired) electrons. The highest BCUT2D eigenvalue weighted by atomic mass is 35.5. The van der Waals surface area contributed by atoms with Gasteiger partial charge in [0.05, 0.1) is 11.1 Å². The van der Waals surface area contributed by atoms with Crippen LogP contribution in [0.2, 0.25) is 5.02 Å². The van der Waals surface area contributed by atoms with Crippen molar-refractivity contribution in [3.63, 3.8) is 0 Å². The molecule has 2 rings (SSSR count). The molecule has 1 amide bonds. The molecule has 8 nitrogen and oxygen atoms in total. The molecule has 0 saturated carbocycles. The highest BCUT2D eigenvalue weighted by Gasteiger charge is 2.31. The zero-order chi connectivity index (χ0) is 18.8. The number of aliphatic hydroxyl groups is 1. The third-order valence-corrected chi connectivity index (χ3v) is 6.29. The summed E-state index contributed by atoms with van der Waals surface area (Å²) in [7, 11) is -3.83. The summed E-state index contributed by atoms with van der Waals surface area (Å²) in [5.74, 6) is -2.22. The number of nitrogens with one attached hydrogen (secondary N) is 1. The van der Waals surface area contributed by atoms with Gasteiger partial charge < -0.3 is 15.5 Å². The maximum atomic E-state index is 12.6. The standard InChI is InChI=1S/C15H19ClN2O6S/c1-9(19)13(15(21)22)17-14(20)10-4-5-11(16)12(8-10)25(23,24)18-6-2-3-7-18/h4-5,8-9,13,19H,2-3,6-7H2,1H3,(H,17,20)(H,21,22)/t9-,13+/m0/s1. The Morgan fingerprint density at radius 1 is 1.28 bits per heavy atom. The van der Waals surface area contributed by atoms with Crippen molar-refractivity contribution in [3.8, 4) is 0 Å². The number of rotatable bonds is 6. The number of carbonyl (C=O) groups excluding carboxylic acids is 1. The van der Waals surface area contributed by atoms with Crippen molar-refractivity contribution in [1.29, 1.82) is 0 Å². The Morgan fingerprint density at radius 3 is 2.40 bits per heavy atom. The molecule has 1 fully saturated rings. The van der Waals surface area contributed by atoms with Crippen LogP contribution in [0.25, 0.3) is 0 Å². The van der Waals surface area contributed by atoms with Gasteiger partial charge in [0.25, 0.3) is 5.91 Å². The summed E-state index contributed by atoms with van der Waals surface area (Å²) in [4.78, 5) is 23.1. The molecule has 0 aliphatic carbocycles. The Bertz CT molecular complexity index is 774. The lowest BCUT2D eigenvalue weighted by Crippen LogP contribution is -2.47. The van der Waals surface area contributed by atoms with E-state index in [9.17, 15) is 23.1 Å². The van der Waals surface area contributed by atoms with E-state index >= 15 is 0 Å². The number of nitrogens with zero attached hydrogens (tertiary/aromatic N) is 1. The minimum Gasteiger partial charge on any atom is -0.480 e. The number of sulfonamides is 1. The number of carbonyl (C=O) groups is 2. The van der Waals surface area contributed by atoms with E-state index in [4.69, 9.17) is 16.7 Å². The van der Waals surface area contributed by atoms with Gasteiger partial charge in [-0.2, -0.15) is 4.31 Å². The molecule has 10 heteroatoms. The lowest BCUT2D eigenvalue weighted by molar-refractivity contribution is -0.141. The van der Waals surface area contributed by atoms with Crippen LogP contribution in [0.15, 0.2) is 23.1 Å². The number of carboxylic acid groups (broad SMARTS) is 1. The Balaban J connectivity index is 2.32. The van der Waals surface area contributed by atoms with Crippen molar-refractivity contribution >= 4 is 33.5 Å². The van der Waals surface area contributed by atoms with E-state index in [0.29, 0.717) is 13.1 Å². The maximum Gasteiger partial charge on any atom is 0.328 e. The molecule has 0 aromatic heterocycles. The van der Waals surface area contributed by atoms with E-state index in [1.54, 1.807) is 0 Å². The normalized spacial score (nSPS) is 17.9. The van der Waals surface area contributed by atoms with Crippen LogP contribution in [-0.4, -0.2) is 60.0 Å². The van der Waals surface area contributed by atoms with Gasteiger partial charge in [-0.25, -0.2) is 13.2 Å². The number of hydrogen-bond acceptors (Lipinski definition) is 5. The van der Waals surface area contributed by atoms with E-state index in [2.05, 4.69) is 5.32 Å². The Kier molecular flexibility index (Phi) is 6.04. The summed E-state index contributed by atoms with van der Waals surface area (Å²) < 4.78 is 26.6. The average Bonchev–Trinajstić information content (AvgIpc) is 3.07. The summed E-state index contributed by atoms with van der Waals surface area (Å²) in [6.07, 6.45) is 0.193. The van der Waals surface area contributed by atoms with E-state index < -0.39 is 34.0 Å². The number of amides is 1. The largest absolute Gasteiger partial charge is 0.480 e. The first-order valence-corrected chi connectivity index (χ1v) is 9.48. The second-order valence-electron chi connectivity index (χ2n) is 5.79. The lowest BCUT2D eigenvalue weighted by atomic mass is 10.1. The SMILES string of the molecule is C[C@H](O)[C@@H](NC(=O)c1ccc(Cl)c(S(=O)(=O)N2CCCC2)c1)C(=O)O. The predicted molar refractivity (Wildman–Crippen MR) is 90.0 cm³/mol. The molecule has 0 unspecified atom stereocenters. The van der Waals surface area contributed by atoms with Crippen molar-refractivity contribution in [2.75, 3.05) is 13.1 Å². The van der Waals surface area contributed by atoms with Crippen LogP contribution in [0, 0.1) is 0 Å². The molecule has 1 aliphatic heterocycles.